The number of amides is 1. The van der Waals surface area contributed by atoms with Crippen LogP contribution in [0.2, 0.25) is 0 Å². The molecule has 2 nitrogen and oxygen atoms in total. The van der Waals surface area contributed by atoms with Gasteiger partial charge in [0.2, 0.25) is 5.91 Å². The van der Waals surface area contributed by atoms with Gasteiger partial charge in [-0.2, -0.15) is 0 Å². The average molecular weight is 370 g/mol. The standard InChI is InChI=1S/C26H27NO/c1-2-3-4-11-24(28)27-18-6-5-8-19-12-13-22-15-14-20-9-7-10-21-16-17-23(19)26(22)25(20)21/h7,9-17H,1-6,8,18H2,(H,27,28). The predicted molar refractivity (Wildman–Crippen MR) is 120 cm³/mol. The largest absolute Gasteiger partial charge is 0.356 e. The van der Waals surface area contributed by atoms with E-state index in [1.54, 1.807) is 6.42 Å². The summed E-state index contributed by atoms with van der Waals surface area (Å²) >= 11 is 0. The smallest absolute Gasteiger partial charge is 0.223 e. The van der Waals surface area contributed by atoms with Gasteiger partial charge in [0.25, 0.3) is 0 Å². The average Bonchev–Trinajstić information content (AvgIpc) is 2.72. The molecule has 2 radical (unpaired) electrons. The molecule has 142 valence electrons. The highest BCUT2D eigenvalue weighted by molar-refractivity contribution is 6.23. The lowest BCUT2D eigenvalue weighted by Gasteiger charge is -2.14. The highest BCUT2D eigenvalue weighted by Gasteiger charge is 2.10. The van der Waals surface area contributed by atoms with Crippen LogP contribution in [0.4, 0.5) is 0 Å². The Bertz CT molecular complexity index is 1070. The Kier molecular flexibility index (Phi) is 5.76. The van der Waals surface area contributed by atoms with Crippen LogP contribution in [0.5, 0.6) is 0 Å². The number of rotatable bonds is 9. The summed E-state index contributed by atoms with van der Waals surface area (Å²) in [5.41, 5.74) is 1.40. The van der Waals surface area contributed by atoms with Gasteiger partial charge in [-0.05, 0) is 63.6 Å². The number of hydrogen-bond acceptors (Lipinski definition) is 1. The maximum atomic E-state index is 11.7. The Morgan fingerprint density at radius 3 is 2.36 bits per heavy atom. The first kappa shape index (κ1) is 18.7. The zero-order chi connectivity index (χ0) is 19.3. The van der Waals surface area contributed by atoms with Gasteiger partial charge in [-0.3, -0.25) is 4.79 Å². The van der Waals surface area contributed by atoms with Crippen LogP contribution < -0.4 is 5.32 Å². The Hall–Kier alpha value is -2.61. The van der Waals surface area contributed by atoms with Crippen molar-refractivity contribution in [3.63, 3.8) is 0 Å². The second kappa shape index (κ2) is 8.60. The summed E-state index contributed by atoms with van der Waals surface area (Å²) in [4.78, 5) is 11.7. The molecule has 0 heterocycles. The minimum absolute atomic E-state index is 0.0520. The summed E-state index contributed by atoms with van der Waals surface area (Å²) in [5.74, 6) is 0.0520. The van der Waals surface area contributed by atoms with Crippen LogP contribution in [0, 0.1) is 13.3 Å². The third kappa shape index (κ3) is 3.82. The van der Waals surface area contributed by atoms with Crippen molar-refractivity contribution in [3.8, 4) is 0 Å². The highest BCUT2D eigenvalue weighted by atomic mass is 16.1. The number of carbonyl (C=O) groups excluding carboxylic acids is 1. The zero-order valence-electron chi connectivity index (χ0n) is 16.3. The summed E-state index contributed by atoms with van der Waals surface area (Å²) < 4.78 is 0. The van der Waals surface area contributed by atoms with Crippen molar-refractivity contribution in [1.82, 2.24) is 5.32 Å². The van der Waals surface area contributed by atoms with Crippen LogP contribution in [-0.4, -0.2) is 12.5 Å². The van der Waals surface area contributed by atoms with Gasteiger partial charge in [0.05, 0.1) is 0 Å². The lowest BCUT2D eigenvalue weighted by molar-refractivity contribution is -0.118. The molecule has 0 saturated carbocycles. The van der Waals surface area contributed by atoms with Gasteiger partial charge in [-0.15, -0.1) is 0 Å². The molecular formula is C26H27NO. The van der Waals surface area contributed by atoms with Gasteiger partial charge in [-0.1, -0.05) is 74.4 Å². The quantitative estimate of drug-likeness (QED) is 0.275. The summed E-state index contributed by atoms with van der Waals surface area (Å²) in [6, 6.07) is 20.0. The van der Waals surface area contributed by atoms with E-state index in [0.29, 0.717) is 0 Å². The molecule has 0 unspecified atom stereocenters. The number of nitrogens with one attached hydrogen (secondary N) is 1. The van der Waals surface area contributed by atoms with E-state index >= 15 is 0 Å². The van der Waals surface area contributed by atoms with Crippen molar-refractivity contribution in [2.45, 2.75) is 38.5 Å². The minimum Gasteiger partial charge on any atom is -0.356 e. The molecule has 2 heteroatoms. The van der Waals surface area contributed by atoms with Crippen molar-refractivity contribution in [2.24, 2.45) is 0 Å². The molecule has 0 fully saturated rings. The van der Waals surface area contributed by atoms with Crippen LogP contribution in [0.3, 0.4) is 0 Å². The Morgan fingerprint density at radius 2 is 1.57 bits per heavy atom. The van der Waals surface area contributed by atoms with Crippen LogP contribution in [0.15, 0.2) is 54.6 Å². The maximum absolute atomic E-state index is 11.7. The van der Waals surface area contributed by atoms with E-state index in [2.05, 4.69) is 66.8 Å². The second-order valence-corrected chi connectivity index (χ2v) is 7.53. The predicted octanol–water partition coefficient (Wildman–Crippen LogP) is 6.23. The van der Waals surface area contributed by atoms with E-state index in [0.717, 1.165) is 45.1 Å². The van der Waals surface area contributed by atoms with E-state index in [4.69, 9.17) is 0 Å². The number of unbranched alkanes of at least 4 members (excludes halogenated alkanes) is 3. The van der Waals surface area contributed by atoms with Crippen molar-refractivity contribution in [2.75, 3.05) is 6.54 Å². The molecule has 1 amide bonds. The van der Waals surface area contributed by atoms with E-state index in [-0.39, 0.29) is 5.91 Å². The van der Waals surface area contributed by atoms with Gasteiger partial charge < -0.3 is 5.32 Å². The van der Waals surface area contributed by atoms with Crippen molar-refractivity contribution in [3.05, 3.63) is 73.5 Å². The lowest BCUT2D eigenvalue weighted by atomic mass is 9.90. The van der Waals surface area contributed by atoms with E-state index < -0.39 is 0 Å². The lowest BCUT2D eigenvalue weighted by Crippen LogP contribution is -2.24. The molecular weight excluding hydrogens is 342 g/mol. The molecule has 0 aliphatic rings. The molecule has 0 saturated heterocycles. The van der Waals surface area contributed by atoms with Gasteiger partial charge >= 0.3 is 0 Å². The number of hydrogen-bond donors (Lipinski definition) is 1. The van der Waals surface area contributed by atoms with Crippen LogP contribution in [0.25, 0.3) is 32.3 Å². The molecule has 4 aromatic rings. The highest BCUT2D eigenvalue weighted by Crippen LogP contribution is 2.36. The molecule has 4 rings (SSSR count). The second-order valence-electron chi connectivity index (χ2n) is 7.53. The fraction of sp³-hybridized carbons (Fsp3) is 0.269. The molecule has 1 N–H and O–H groups in total. The van der Waals surface area contributed by atoms with Gasteiger partial charge in [-0.25, -0.2) is 0 Å². The number of aryl methyl sites for hydroxylation is 1. The number of carbonyl (C=O) groups is 1. The van der Waals surface area contributed by atoms with Crippen LogP contribution >= 0.6 is 0 Å². The van der Waals surface area contributed by atoms with Crippen molar-refractivity contribution < 1.29 is 4.79 Å². The third-order valence-corrected chi connectivity index (χ3v) is 5.57. The molecule has 28 heavy (non-hydrogen) atoms. The molecule has 0 aliphatic carbocycles. The van der Waals surface area contributed by atoms with E-state index in [1.807, 2.05) is 0 Å². The molecule has 0 aliphatic heterocycles. The summed E-state index contributed by atoms with van der Waals surface area (Å²) in [5, 5.41) is 11.1. The Labute approximate surface area is 167 Å². The molecule has 0 atom stereocenters. The topological polar surface area (TPSA) is 29.1 Å². The van der Waals surface area contributed by atoms with E-state index in [9.17, 15) is 4.79 Å². The first-order valence-electron chi connectivity index (χ1n) is 10.3. The summed E-state index contributed by atoms with van der Waals surface area (Å²) in [6.07, 6.45) is 7.52. The van der Waals surface area contributed by atoms with E-state index in [1.165, 1.54) is 37.9 Å². The van der Waals surface area contributed by atoms with Gasteiger partial charge in [0.1, 0.15) is 0 Å². The molecule has 0 aromatic heterocycles. The summed E-state index contributed by atoms with van der Waals surface area (Å²) in [6.45, 7) is 4.54. The third-order valence-electron chi connectivity index (χ3n) is 5.57. The van der Waals surface area contributed by atoms with Crippen LogP contribution in [0.1, 0.15) is 37.7 Å². The van der Waals surface area contributed by atoms with Gasteiger partial charge in [0, 0.05) is 13.0 Å². The Balaban J connectivity index is 1.43. The molecule has 4 aromatic carbocycles. The number of benzene rings is 4. The van der Waals surface area contributed by atoms with Crippen LogP contribution in [-0.2, 0) is 11.2 Å². The zero-order valence-corrected chi connectivity index (χ0v) is 16.3. The first-order valence-corrected chi connectivity index (χ1v) is 10.3. The first-order chi connectivity index (χ1) is 13.8. The maximum Gasteiger partial charge on any atom is 0.223 e. The normalized spacial score (nSPS) is 11.6. The minimum atomic E-state index is 0.0520. The van der Waals surface area contributed by atoms with Gasteiger partial charge in [0.15, 0.2) is 0 Å². The Morgan fingerprint density at radius 1 is 0.857 bits per heavy atom. The summed E-state index contributed by atoms with van der Waals surface area (Å²) in [7, 11) is 0. The fourth-order valence-electron chi connectivity index (χ4n) is 4.12. The van der Waals surface area contributed by atoms with Crippen molar-refractivity contribution in [1.29, 1.82) is 0 Å². The molecule has 0 bridgehead atoms. The molecule has 0 spiro atoms. The van der Waals surface area contributed by atoms with Crippen molar-refractivity contribution >= 4 is 38.2 Å². The fourth-order valence-corrected chi connectivity index (χ4v) is 4.12. The SMILES string of the molecule is [CH2]CCC[CH]C(=O)NCCCCc1ccc2ccc3cccc4ccc1c2c34. The monoisotopic (exact) mass is 369 g/mol.